The fourth-order valence-corrected chi connectivity index (χ4v) is 4.29. The lowest BCUT2D eigenvalue weighted by Gasteiger charge is -2.12. The fraction of sp³-hybridized carbons (Fsp3) is 0.174. The lowest BCUT2D eigenvalue weighted by atomic mass is 10.1. The molecule has 4 aromatic rings. The largest absolute Gasteiger partial charge is 0.497 e. The second kappa shape index (κ2) is 9.21. The predicted octanol–water partition coefficient (Wildman–Crippen LogP) is 3.33. The minimum Gasteiger partial charge on any atom is -0.497 e. The van der Waals surface area contributed by atoms with Gasteiger partial charge >= 0.3 is 5.69 Å². The molecule has 0 atom stereocenters. The summed E-state index contributed by atoms with van der Waals surface area (Å²) in [6.07, 6.45) is 0. The van der Waals surface area contributed by atoms with Crippen molar-refractivity contribution < 1.29 is 9.53 Å². The molecule has 0 aliphatic carbocycles. The van der Waals surface area contributed by atoms with Crippen LogP contribution in [0.3, 0.4) is 0 Å². The molecule has 2 heterocycles. The van der Waals surface area contributed by atoms with E-state index in [4.69, 9.17) is 16.3 Å². The monoisotopic (exact) mass is 482 g/mol. The van der Waals surface area contributed by atoms with Gasteiger partial charge in [-0.3, -0.25) is 18.7 Å². The third kappa shape index (κ3) is 4.42. The van der Waals surface area contributed by atoms with Crippen LogP contribution >= 0.6 is 23.4 Å². The molecule has 0 amide bonds. The van der Waals surface area contributed by atoms with Crippen LogP contribution in [0.15, 0.2) is 63.1 Å². The number of aromatic nitrogens is 4. The molecule has 0 radical (unpaired) electrons. The number of hydrogen-bond acceptors (Lipinski definition) is 7. The Kier molecular flexibility index (Phi) is 6.35. The van der Waals surface area contributed by atoms with Gasteiger partial charge in [-0.25, -0.2) is 14.8 Å². The number of fused-ring (bicyclic) bond motifs is 1. The molecule has 8 nitrogen and oxygen atoms in total. The highest BCUT2D eigenvalue weighted by atomic mass is 35.5. The van der Waals surface area contributed by atoms with Crippen molar-refractivity contribution in [1.82, 2.24) is 19.1 Å². The van der Waals surface area contributed by atoms with E-state index in [9.17, 15) is 14.4 Å². The third-order valence-corrected chi connectivity index (χ3v) is 6.35. The second-order valence-corrected chi connectivity index (χ2v) is 8.60. The summed E-state index contributed by atoms with van der Waals surface area (Å²) in [5.41, 5.74) is 0.360. The van der Waals surface area contributed by atoms with E-state index in [1.54, 1.807) is 62.7 Å². The molecule has 0 fully saturated rings. The first-order valence-corrected chi connectivity index (χ1v) is 11.2. The lowest BCUT2D eigenvalue weighted by molar-refractivity contribution is 0.102. The summed E-state index contributed by atoms with van der Waals surface area (Å²) in [5.74, 6) is 0.900. The van der Waals surface area contributed by atoms with E-state index in [1.807, 2.05) is 0 Å². The Morgan fingerprint density at radius 3 is 2.30 bits per heavy atom. The van der Waals surface area contributed by atoms with E-state index in [1.165, 1.54) is 11.6 Å². The number of ketones is 1. The highest BCUT2D eigenvalue weighted by Gasteiger charge is 2.19. The van der Waals surface area contributed by atoms with Crippen molar-refractivity contribution in [1.29, 1.82) is 0 Å². The number of thioether (sulfide) groups is 1. The zero-order chi connectivity index (χ0) is 23.7. The molecule has 0 aliphatic heterocycles. The van der Waals surface area contributed by atoms with Gasteiger partial charge in [-0.1, -0.05) is 23.4 Å². The molecule has 4 rings (SSSR count). The molecule has 2 aromatic heterocycles. The number of benzene rings is 2. The first-order chi connectivity index (χ1) is 15.8. The Bertz CT molecular complexity index is 1480. The van der Waals surface area contributed by atoms with Crippen LogP contribution < -0.4 is 16.0 Å². The van der Waals surface area contributed by atoms with Gasteiger partial charge < -0.3 is 4.74 Å². The molecule has 0 unspecified atom stereocenters. The van der Waals surface area contributed by atoms with Crippen LogP contribution in [0.2, 0.25) is 5.02 Å². The van der Waals surface area contributed by atoms with E-state index in [0.717, 1.165) is 16.3 Å². The van der Waals surface area contributed by atoms with Gasteiger partial charge in [0.2, 0.25) is 0 Å². The highest BCUT2D eigenvalue weighted by Crippen LogP contribution is 2.27. The minimum absolute atomic E-state index is 0.0434. The van der Waals surface area contributed by atoms with E-state index in [0.29, 0.717) is 32.7 Å². The van der Waals surface area contributed by atoms with E-state index in [-0.39, 0.29) is 22.6 Å². The van der Waals surface area contributed by atoms with Crippen LogP contribution in [-0.2, 0) is 14.1 Å². The van der Waals surface area contributed by atoms with Crippen LogP contribution in [0.1, 0.15) is 10.4 Å². The Morgan fingerprint density at radius 1 is 1.00 bits per heavy atom. The summed E-state index contributed by atoms with van der Waals surface area (Å²) < 4.78 is 7.50. The van der Waals surface area contributed by atoms with Gasteiger partial charge in [-0.15, -0.1) is 0 Å². The molecule has 2 aromatic carbocycles. The maximum atomic E-state index is 12.9. The van der Waals surface area contributed by atoms with Gasteiger partial charge in [0.1, 0.15) is 16.2 Å². The summed E-state index contributed by atoms with van der Waals surface area (Å²) in [6.45, 7) is 0. The van der Waals surface area contributed by atoms with Crippen LogP contribution in [0.5, 0.6) is 5.75 Å². The standard InChI is InChI=1S/C23H19ClN4O4S/c1-27-20-18(22(30)28(2)23(27)31)21(33-12-17(29)13-4-8-15(24)9-5-13)26-19(25-20)14-6-10-16(32-3)11-7-14/h4-11H,12H2,1-3H3. The third-order valence-electron chi connectivity index (χ3n) is 5.12. The molecule has 0 saturated heterocycles. The molecule has 10 heteroatoms. The van der Waals surface area contributed by atoms with E-state index < -0.39 is 11.2 Å². The van der Waals surface area contributed by atoms with Gasteiger partial charge in [0.05, 0.1) is 12.9 Å². The zero-order valence-electron chi connectivity index (χ0n) is 18.0. The molecular formula is C23H19ClN4O4S. The smallest absolute Gasteiger partial charge is 0.332 e. The Morgan fingerprint density at radius 2 is 1.67 bits per heavy atom. The van der Waals surface area contributed by atoms with E-state index >= 15 is 0 Å². The number of ether oxygens (including phenoxy) is 1. The first-order valence-electron chi connectivity index (χ1n) is 9.84. The molecule has 0 spiro atoms. The molecule has 0 N–H and O–H groups in total. The number of rotatable bonds is 6. The van der Waals surface area contributed by atoms with Gasteiger partial charge in [-0.2, -0.15) is 0 Å². The average molecular weight is 483 g/mol. The van der Waals surface area contributed by atoms with Crippen molar-refractivity contribution in [3.8, 4) is 17.1 Å². The zero-order valence-corrected chi connectivity index (χ0v) is 19.6. The lowest BCUT2D eigenvalue weighted by Crippen LogP contribution is -2.37. The summed E-state index contributed by atoms with van der Waals surface area (Å²) in [5, 5.41) is 1.05. The predicted molar refractivity (Wildman–Crippen MR) is 129 cm³/mol. The molecular weight excluding hydrogens is 464 g/mol. The number of halogens is 1. The quantitative estimate of drug-likeness (QED) is 0.236. The van der Waals surface area contributed by atoms with Gasteiger partial charge in [-0.05, 0) is 48.5 Å². The van der Waals surface area contributed by atoms with Crippen molar-refractivity contribution >= 4 is 40.2 Å². The summed E-state index contributed by atoms with van der Waals surface area (Å²) in [7, 11) is 4.51. The van der Waals surface area contributed by atoms with Crippen molar-refractivity contribution in [3.05, 3.63) is 80.0 Å². The number of aryl methyl sites for hydroxylation is 1. The summed E-state index contributed by atoms with van der Waals surface area (Å²) >= 11 is 7.03. The number of nitrogens with zero attached hydrogens (tertiary/aromatic N) is 4. The molecule has 0 bridgehead atoms. The molecule has 0 aliphatic rings. The molecule has 33 heavy (non-hydrogen) atoms. The minimum atomic E-state index is -0.518. The summed E-state index contributed by atoms with van der Waals surface area (Å²) in [6, 6.07) is 13.7. The SMILES string of the molecule is COc1ccc(-c2nc(SCC(=O)c3ccc(Cl)cc3)c3c(=O)n(C)c(=O)n(C)c3n2)cc1. The number of Topliss-reactive ketones (excluding diaryl/α,β-unsaturated/α-hetero) is 1. The maximum absolute atomic E-state index is 12.9. The number of carbonyl (C=O) groups excluding carboxylic acids is 1. The topological polar surface area (TPSA) is 96.1 Å². The second-order valence-electron chi connectivity index (χ2n) is 7.20. The maximum Gasteiger partial charge on any atom is 0.332 e. The Hall–Kier alpha value is -3.43. The Balaban J connectivity index is 1.83. The van der Waals surface area contributed by atoms with E-state index in [2.05, 4.69) is 9.97 Å². The molecule has 168 valence electrons. The highest BCUT2D eigenvalue weighted by molar-refractivity contribution is 8.00. The first kappa shape index (κ1) is 22.8. The fourth-order valence-electron chi connectivity index (χ4n) is 3.26. The van der Waals surface area contributed by atoms with Gasteiger partial charge in [0.25, 0.3) is 5.56 Å². The average Bonchev–Trinajstić information content (AvgIpc) is 2.84. The van der Waals surface area contributed by atoms with Crippen LogP contribution in [0, 0.1) is 0 Å². The number of carbonyl (C=O) groups is 1. The van der Waals surface area contributed by atoms with Crippen molar-refractivity contribution in [2.75, 3.05) is 12.9 Å². The van der Waals surface area contributed by atoms with Crippen molar-refractivity contribution in [2.45, 2.75) is 5.03 Å². The number of methoxy groups -OCH3 is 1. The van der Waals surface area contributed by atoms with Crippen molar-refractivity contribution in [3.63, 3.8) is 0 Å². The molecule has 0 saturated carbocycles. The normalized spacial score (nSPS) is 11.0. The summed E-state index contributed by atoms with van der Waals surface area (Å²) in [4.78, 5) is 47.2. The Labute approximate surface area is 197 Å². The van der Waals surface area contributed by atoms with Crippen molar-refractivity contribution in [2.24, 2.45) is 14.1 Å². The van der Waals surface area contributed by atoms with Gasteiger partial charge in [0.15, 0.2) is 17.3 Å². The van der Waals surface area contributed by atoms with Crippen LogP contribution in [0.25, 0.3) is 22.4 Å². The van der Waals surface area contributed by atoms with Gasteiger partial charge in [0, 0.05) is 30.2 Å². The number of hydrogen-bond donors (Lipinski definition) is 0. The van der Waals surface area contributed by atoms with Crippen LogP contribution in [-0.4, -0.2) is 37.7 Å². The van der Waals surface area contributed by atoms with Crippen LogP contribution in [0.4, 0.5) is 0 Å².